The normalized spacial score (nSPS) is 17.3. The third-order valence-electron chi connectivity index (χ3n) is 7.27. The lowest BCUT2D eigenvalue weighted by Crippen LogP contribution is -2.40. The first-order valence-electron chi connectivity index (χ1n) is 11.1. The maximum Gasteiger partial charge on any atom is -0.0182 e. The van der Waals surface area contributed by atoms with Gasteiger partial charge in [0.1, 0.15) is 0 Å². The zero-order valence-electron chi connectivity index (χ0n) is 20.0. The predicted octanol–water partition coefficient (Wildman–Crippen LogP) is 9.22. The monoisotopic (exact) mass is 362 g/mol. The molecule has 0 N–H and O–H groups in total. The Labute approximate surface area is 166 Å². The van der Waals surface area contributed by atoms with Gasteiger partial charge in [-0.1, -0.05) is 100 Å². The number of hydrogen-bond donors (Lipinski definition) is 0. The van der Waals surface area contributed by atoms with E-state index in [0.717, 1.165) is 0 Å². The first-order chi connectivity index (χ1) is 11.8. The molecule has 154 valence electrons. The van der Waals surface area contributed by atoms with Crippen LogP contribution < -0.4 is 0 Å². The van der Waals surface area contributed by atoms with Crippen molar-refractivity contribution in [1.82, 2.24) is 0 Å². The molecule has 0 aromatic carbocycles. The summed E-state index contributed by atoms with van der Waals surface area (Å²) < 4.78 is 0. The molecule has 0 aliphatic heterocycles. The molecule has 2 atom stereocenters. The van der Waals surface area contributed by atoms with E-state index in [1.807, 2.05) is 0 Å². The lowest BCUT2D eigenvalue weighted by Gasteiger charge is -2.49. The minimum Gasteiger partial charge on any atom is -0.103 e. The van der Waals surface area contributed by atoms with Crippen LogP contribution in [0.15, 0.2) is 24.8 Å². The molecule has 0 aliphatic carbocycles. The molecule has 0 spiro atoms. The quantitative estimate of drug-likeness (QED) is 0.303. The molecule has 26 heavy (non-hydrogen) atoms. The van der Waals surface area contributed by atoms with Gasteiger partial charge in [-0.2, -0.15) is 0 Å². The molecular weight excluding hydrogens is 312 g/mol. The molecular formula is C26H50. The second-order valence-electron chi connectivity index (χ2n) is 11.1. The van der Waals surface area contributed by atoms with Crippen molar-refractivity contribution in [2.24, 2.45) is 27.6 Å². The van der Waals surface area contributed by atoms with Gasteiger partial charge >= 0.3 is 0 Å². The summed E-state index contributed by atoms with van der Waals surface area (Å²) in [6.45, 7) is 28.1. The topological polar surface area (TPSA) is 0 Å². The van der Waals surface area contributed by atoms with E-state index >= 15 is 0 Å². The fraction of sp³-hybridized carbons (Fsp3) is 0.846. The molecule has 0 nitrogen and oxygen atoms in total. The summed E-state index contributed by atoms with van der Waals surface area (Å²) in [4.78, 5) is 0. The minimum absolute atomic E-state index is 0.283. The third kappa shape index (κ3) is 7.24. The molecule has 0 radical (unpaired) electrons. The highest BCUT2D eigenvalue weighted by Gasteiger charge is 2.44. The molecule has 0 fully saturated rings. The van der Waals surface area contributed by atoms with Gasteiger partial charge in [0.05, 0.1) is 0 Å². The van der Waals surface area contributed by atoms with Crippen LogP contribution in [0.3, 0.4) is 0 Å². The summed E-state index contributed by atoms with van der Waals surface area (Å²) in [7, 11) is 0. The van der Waals surface area contributed by atoms with Gasteiger partial charge in [-0.25, -0.2) is 0 Å². The van der Waals surface area contributed by atoms with Crippen LogP contribution in [0.25, 0.3) is 0 Å². The van der Waals surface area contributed by atoms with Gasteiger partial charge in [-0.05, 0) is 59.7 Å². The molecule has 0 heterocycles. The highest BCUT2D eigenvalue weighted by Crippen LogP contribution is 2.53. The van der Waals surface area contributed by atoms with E-state index < -0.39 is 0 Å². The SMILES string of the molecule is C=CC(CC(C)(C)C(CC)(CC=CCC(C)(C)CC)CCC)C(C)(C)C. The minimum atomic E-state index is 0.283. The molecule has 0 bridgehead atoms. The van der Waals surface area contributed by atoms with Crippen LogP contribution in [-0.4, -0.2) is 0 Å². The van der Waals surface area contributed by atoms with Gasteiger partial charge in [0.15, 0.2) is 0 Å². The fourth-order valence-electron chi connectivity index (χ4n) is 4.36. The molecule has 0 amide bonds. The maximum atomic E-state index is 4.16. The van der Waals surface area contributed by atoms with Gasteiger partial charge in [0, 0.05) is 0 Å². The molecule has 0 aromatic rings. The van der Waals surface area contributed by atoms with E-state index in [9.17, 15) is 0 Å². The molecule has 0 heteroatoms. The second kappa shape index (κ2) is 10.1. The average molecular weight is 363 g/mol. The van der Waals surface area contributed by atoms with Crippen LogP contribution >= 0.6 is 0 Å². The Bertz CT molecular complexity index is 429. The van der Waals surface area contributed by atoms with Crippen molar-refractivity contribution < 1.29 is 0 Å². The van der Waals surface area contributed by atoms with E-state index in [0.29, 0.717) is 22.2 Å². The van der Waals surface area contributed by atoms with Crippen LogP contribution in [0.1, 0.15) is 114 Å². The van der Waals surface area contributed by atoms with Crippen molar-refractivity contribution in [1.29, 1.82) is 0 Å². The average Bonchev–Trinajstić information content (AvgIpc) is 2.54. The van der Waals surface area contributed by atoms with Crippen molar-refractivity contribution in [2.75, 3.05) is 0 Å². The summed E-state index contributed by atoms with van der Waals surface area (Å²) in [6.07, 6.45) is 15.8. The Morgan fingerprint density at radius 2 is 1.35 bits per heavy atom. The summed E-state index contributed by atoms with van der Waals surface area (Å²) in [5.41, 5.74) is 1.38. The highest BCUT2D eigenvalue weighted by molar-refractivity contribution is 5.02. The summed E-state index contributed by atoms with van der Waals surface area (Å²) in [5, 5.41) is 0. The van der Waals surface area contributed by atoms with Crippen LogP contribution in [-0.2, 0) is 0 Å². The Balaban J connectivity index is 5.48. The van der Waals surface area contributed by atoms with Gasteiger partial charge in [0.25, 0.3) is 0 Å². The van der Waals surface area contributed by atoms with Crippen LogP contribution in [0, 0.1) is 27.6 Å². The fourth-order valence-corrected chi connectivity index (χ4v) is 4.36. The van der Waals surface area contributed by atoms with Gasteiger partial charge in [-0.15, -0.1) is 6.58 Å². The Morgan fingerprint density at radius 1 is 0.808 bits per heavy atom. The van der Waals surface area contributed by atoms with Crippen molar-refractivity contribution in [3.63, 3.8) is 0 Å². The van der Waals surface area contributed by atoms with Crippen LogP contribution in [0.2, 0.25) is 0 Å². The first kappa shape index (κ1) is 25.5. The molecule has 0 saturated carbocycles. The Morgan fingerprint density at radius 3 is 1.73 bits per heavy atom. The zero-order chi connectivity index (χ0) is 20.6. The van der Waals surface area contributed by atoms with Gasteiger partial charge in [-0.3, -0.25) is 0 Å². The van der Waals surface area contributed by atoms with E-state index in [-0.39, 0.29) is 5.41 Å². The van der Waals surface area contributed by atoms with Crippen molar-refractivity contribution in [2.45, 2.75) is 114 Å². The summed E-state index contributed by atoms with van der Waals surface area (Å²) in [6, 6.07) is 0. The third-order valence-corrected chi connectivity index (χ3v) is 7.27. The first-order valence-corrected chi connectivity index (χ1v) is 11.1. The van der Waals surface area contributed by atoms with Gasteiger partial charge in [0.2, 0.25) is 0 Å². The number of allylic oxidation sites excluding steroid dienone is 3. The summed E-state index contributed by atoms with van der Waals surface area (Å²) >= 11 is 0. The van der Waals surface area contributed by atoms with Crippen molar-refractivity contribution >= 4 is 0 Å². The van der Waals surface area contributed by atoms with Crippen LogP contribution in [0.5, 0.6) is 0 Å². The molecule has 0 aliphatic rings. The zero-order valence-corrected chi connectivity index (χ0v) is 20.0. The van der Waals surface area contributed by atoms with Gasteiger partial charge < -0.3 is 0 Å². The van der Waals surface area contributed by atoms with Crippen molar-refractivity contribution in [3.8, 4) is 0 Å². The molecule has 2 unspecified atom stereocenters. The largest absolute Gasteiger partial charge is 0.103 e. The highest BCUT2D eigenvalue weighted by atomic mass is 14.5. The van der Waals surface area contributed by atoms with E-state index in [1.165, 1.54) is 44.9 Å². The van der Waals surface area contributed by atoms with E-state index in [2.05, 4.69) is 94.0 Å². The number of hydrogen-bond acceptors (Lipinski definition) is 0. The molecule has 0 aromatic heterocycles. The summed E-state index contributed by atoms with van der Waals surface area (Å²) in [5.74, 6) is 0.559. The Kier molecular flexibility index (Phi) is 9.94. The van der Waals surface area contributed by atoms with Crippen molar-refractivity contribution in [3.05, 3.63) is 24.8 Å². The lowest BCUT2D eigenvalue weighted by molar-refractivity contribution is 0.0201. The predicted molar refractivity (Wildman–Crippen MR) is 122 cm³/mol. The molecule has 0 saturated heterocycles. The number of rotatable bonds is 12. The molecule has 0 rings (SSSR count). The standard InChI is InChI=1S/C26H50/c1-12-18-26(15-4,20-17-16-19-24(8,9)14-3)25(10,11)21-22(13-2)23(5,6)7/h13,16-17,22H,2,12,14-15,18-21H2,1,3-11H3. The maximum absolute atomic E-state index is 4.16. The van der Waals surface area contributed by atoms with E-state index in [1.54, 1.807) is 0 Å². The smallest absolute Gasteiger partial charge is 0.0182 e. The van der Waals surface area contributed by atoms with Crippen LogP contribution in [0.4, 0.5) is 0 Å². The van der Waals surface area contributed by atoms with E-state index in [4.69, 9.17) is 0 Å². The second-order valence-corrected chi connectivity index (χ2v) is 11.1. The Hall–Kier alpha value is -0.520. The lowest BCUT2D eigenvalue weighted by atomic mass is 9.55.